The van der Waals surface area contributed by atoms with Crippen LogP contribution in [-0.2, 0) is 23.2 Å². The van der Waals surface area contributed by atoms with Gasteiger partial charge in [-0.15, -0.1) is 0 Å². The minimum Gasteiger partial charge on any atom is -0.371 e. The number of benzene rings is 2. The number of anilines is 2. The van der Waals surface area contributed by atoms with Crippen molar-refractivity contribution in [3.05, 3.63) is 59.0 Å². The monoisotopic (exact) mass is 407 g/mol. The quantitative estimate of drug-likeness (QED) is 0.672. The maximum atomic E-state index is 12.5. The molecule has 0 radical (unpaired) electrons. The third-order valence-corrected chi connectivity index (χ3v) is 5.77. The fraction of sp³-hybridized carbons (Fsp3) is 0.318. The van der Waals surface area contributed by atoms with Crippen LogP contribution in [0.15, 0.2) is 53.3 Å². The first-order valence-electron chi connectivity index (χ1n) is 10.0. The van der Waals surface area contributed by atoms with Gasteiger partial charge >= 0.3 is 5.69 Å². The Balaban J connectivity index is 1.41. The summed E-state index contributed by atoms with van der Waals surface area (Å²) in [5, 5.41) is 2.86. The summed E-state index contributed by atoms with van der Waals surface area (Å²) in [6.07, 6.45) is 1.52. The first-order valence-corrected chi connectivity index (χ1v) is 10.0. The van der Waals surface area contributed by atoms with E-state index < -0.39 is 0 Å². The van der Waals surface area contributed by atoms with Gasteiger partial charge in [-0.3, -0.25) is 18.7 Å². The van der Waals surface area contributed by atoms with E-state index >= 15 is 0 Å². The van der Waals surface area contributed by atoms with Crippen LogP contribution in [0.2, 0.25) is 0 Å². The van der Waals surface area contributed by atoms with Gasteiger partial charge in [0.25, 0.3) is 0 Å². The van der Waals surface area contributed by atoms with E-state index in [0.29, 0.717) is 5.69 Å². The molecule has 4 rings (SSSR count). The Bertz CT molecular complexity index is 1140. The van der Waals surface area contributed by atoms with E-state index in [1.807, 2.05) is 48.5 Å². The Morgan fingerprint density at radius 2 is 1.67 bits per heavy atom. The van der Waals surface area contributed by atoms with Gasteiger partial charge in [-0.1, -0.05) is 12.1 Å². The molecule has 1 aliphatic heterocycles. The number of aryl methyl sites for hydroxylation is 1. The number of hydrogen-bond donors (Lipinski definition) is 2. The molecule has 2 aromatic carbocycles. The summed E-state index contributed by atoms with van der Waals surface area (Å²) in [4.78, 5) is 38.5. The van der Waals surface area contributed by atoms with Gasteiger partial charge in [0.2, 0.25) is 11.8 Å². The molecular formula is C22H25N5O3. The van der Waals surface area contributed by atoms with Crippen LogP contribution in [0.5, 0.6) is 0 Å². The molecule has 0 spiro atoms. The maximum Gasteiger partial charge on any atom is 0.329 e. The van der Waals surface area contributed by atoms with Crippen LogP contribution in [0.3, 0.4) is 0 Å². The van der Waals surface area contributed by atoms with E-state index in [2.05, 4.69) is 10.2 Å². The first-order chi connectivity index (χ1) is 14.4. The van der Waals surface area contributed by atoms with Crippen LogP contribution in [0.25, 0.3) is 11.0 Å². The Morgan fingerprint density at radius 1 is 1.03 bits per heavy atom. The molecule has 8 nitrogen and oxygen atoms in total. The third kappa shape index (κ3) is 3.80. The van der Waals surface area contributed by atoms with E-state index in [1.165, 1.54) is 4.57 Å². The van der Waals surface area contributed by atoms with Crippen molar-refractivity contribution in [1.82, 2.24) is 9.13 Å². The van der Waals surface area contributed by atoms with E-state index in [9.17, 15) is 14.4 Å². The summed E-state index contributed by atoms with van der Waals surface area (Å²) in [5.41, 5.74) is 8.41. The molecule has 0 atom stereocenters. The van der Waals surface area contributed by atoms with Crippen molar-refractivity contribution in [3.63, 3.8) is 0 Å². The molecule has 0 bridgehead atoms. The summed E-state index contributed by atoms with van der Waals surface area (Å²) in [6.45, 7) is 1.51. The number of nitrogens with one attached hydrogen (secondary N) is 1. The number of amides is 2. The molecule has 8 heteroatoms. The number of primary amides is 1. The predicted octanol–water partition coefficient (Wildman–Crippen LogP) is 1.68. The number of para-hydroxylation sites is 2. The normalized spacial score (nSPS) is 14.8. The third-order valence-electron chi connectivity index (χ3n) is 5.77. The number of carbonyl (C=O) groups is 2. The van der Waals surface area contributed by atoms with Gasteiger partial charge < -0.3 is 16.0 Å². The van der Waals surface area contributed by atoms with Crippen molar-refractivity contribution in [1.29, 1.82) is 0 Å². The largest absolute Gasteiger partial charge is 0.371 e. The molecule has 2 heterocycles. The highest BCUT2D eigenvalue weighted by Gasteiger charge is 2.23. The standard InChI is InChI=1S/C22H25N5O3/c1-25-18-4-2-3-5-19(18)27(22(25)30)14-20(28)24-16-6-8-17(9-7-16)26-12-10-15(11-13-26)21(23)29/h2-9,15H,10-14H2,1H3,(H2,23,29)(H,24,28). The van der Waals surface area contributed by atoms with E-state index in [4.69, 9.17) is 5.73 Å². The molecule has 3 N–H and O–H groups in total. The van der Waals surface area contributed by atoms with Crippen LogP contribution >= 0.6 is 0 Å². The average Bonchev–Trinajstić information content (AvgIpc) is 2.99. The lowest BCUT2D eigenvalue weighted by Gasteiger charge is -2.32. The Hall–Kier alpha value is -3.55. The Morgan fingerprint density at radius 3 is 2.30 bits per heavy atom. The van der Waals surface area contributed by atoms with E-state index in [-0.39, 0.29) is 30.0 Å². The molecule has 0 aliphatic carbocycles. The zero-order valence-electron chi connectivity index (χ0n) is 16.9. The van der Waals surface area contributed by atoms with Crippen molar-refractivity contribution in [2.24, 2.45) is 18.7 Å². The zero-order chi connectivity index (χ0) is 21.3. The zero-order valence-corrected chi connectivity index (χ0v) is 16.9. The number of hydrogen-bond acceptors (Lipinski definition) is 4. The SMILES string of the molecule is Cn1c(=O)n(CC(=O)Nc2ccc(N3CCC(C(N)=O)CC3)cc2)c2ccccc21. The van der Waals surface area contributed by atoms with Gasteiger partial charge in [0.1, 0.15) is 6.54 Å². The minimum atomic E-state index is -0.261. The second-order valence-corrected chi connectivity index (χ2v) is 7.68. The number of nitrogens with two attached hydrogens (primary N) is 1. The predicted molar refractivity (Wildman–Crippen MR) is 116 cm³/mol. The Labute approximate surface area is 173 Å². The van der Waals surface area contributed by atoms with Crippen LogP contribution in [0.1, 0.15) is 12.8 Å². The van der Waals surface area contributed by atoms with Gasteiger partial charge in [0.15, 0.2) is 0 Å². The molecule has 1 fully saturated rings. The number of nitrogens with zero attached hydrogens (tertiary/aromatic N) is 3. The summed E-state index contributed by atoms with van der Waals surface area (Å²) in [6, 6.07) is 15.0. The number of fused-ring (bicyclic) bond motifs is 1. The van der Waals surface area contributed by atoms with Crippen molar-refractivity contribution in [2.75, 3.05) is 23.3 Å². The fourth-order valence-corrected chi connectivity index (χ4v) is 4.04. The topological polar surface area (TPSA) is 102 Å². The van der Waals surface area contributed by atoms with Crippen molar-refractivity contribution >= 4 is 34.2 Å². The van der Waals surface area contributed by atoms with Crippen LogP contribution in [0.4, 0.5) is 11.4 Å². The second-order valence-electron chi connectivity index (χ2n) is 7.68. The molecule has 156 valence electrons. The van der Waals surface area contributed by atoms with Crippen molar-refractivity contribution in [3.8, 4) is 0 Å². The van der Waals surface area contributed by atoms with Gasteiger partial charge in [-0.05, 0) is 49.2 Å². The van der Waals surface area contributed by atoms with E-state index in [0.717, 1.165) is 42.7 Å². The lowest BCUT2D eigenvalue weighted by atomic mass is 9.96. The van der Waals surface area contributed by atoms with Crippen LogP contribution < -0.4 is 21.6 Å². The highest BCUT2D eigenvalue weighted by Crippen LogP contribution is 2.24. The highest BCUT2D eigenvalue weighted by atomic mass is 16.2. The van der Waals surface area contributed by atoms with Gasteiger partial charge in [0, 0.05) is 37.4 Å². The molecule has 0 unspecified atom stereocenters. The number of imidazole rings is 1. The molecular weight excluding hydrogens is 382 g/mol. The molecule has 1 aromatic heterocycles. The molecule has 1 saturated heterocycles. The van der Waals surface area contributed by atoms with Crippen molar-refractivity contribution in [2.45, 2.75) is 19.4 Å². The fourth-order valence-electron chi connectivity index (χ4n) is 4.04. The molecule has 30 heavy (non-hydrogen) atoms. The van der Waals surface area contributed by atoms with Gasteiger partial charge in [0.05, 0.1) is 11.0 Å². The summed E-state index contributed by atoms with van der Waals surface area (Å²) >= 11 is 0. The Kier molecular flexibility index (Phi) is 5.31. The molecule has 2 amide bonds. The second kappa shape index (κ2) is 8.06. The van der Waals surface area contributed by atoms with Crippen LogP contribution in [0, 0.1) is 5.92 Å². The number of piperidine rings is 1. The average molecular weight is 407 g/mol. The molecule has 0 saturated carbocycles. The molecule has 3 aromatic rings. The van der Waals surface area contributed by atoms with Crippen molar-refractivity contribution < 1.29 is 9.59 Å². The lowest BCUT2D eigenvalue weighted by molar-refractivity contribution is -0.122. The van der Waals surface area contributed by atoms with E-state index in [1.54, 1.807) is 11.6 Å². The number of carbonyl (C=O) groups excluding carboxylic acids is 2. The molecule has 1 aliphatic rings. The number of aromatic nitrogens is 2. The lowest BCUT2D eigenvalue weighted by Crippen LogP contribution is -2.38. The summed E-state index contributed by atoms with van der Waals surface area (Å²) in [7, 11) is 1.70. The smallest absolute Gasteiger partial charge is 0.329 e. The van der Waals surface area contributed by atoms with Gasteiger partial charge in [-0.2, -0.15) is 0 Å². The van der Waals surface area contributed by atoms with Gasteiger partial charge in [-0.25, -0.2) is 4.79 Å². The first kappa shape index (κ1) is 19.8. The summed E-state index contributed by atoms with van der Waals surface area (Å²) < 4.78 is 3.01. The maximum absolute atomic E-state index is 12.5. The van der Waals surface area contributed by atoms with Crippen LogP contribution in [-0.4, -0.2) is 34.0 Å². The number of rotatable bonds is 5. The highest BCUT2D eigenvalue weighted by molar-refractivity contribution is 5.91. The summed E-state index contributed by atoms with van der Waals surface area (Å²) in [5.74, 6) is -0.529. The minimum absolute atomic E-state index is 0.0442.